The van der Waals surface area contributed by atoms with Crippen LogP contribution in [0.3, 0.4) is 0 Å². The summed E-state index contributed by atoms with van der Waals surface area (Å²) in [6.07, 6.45) is 5.86. The molecule has 0 aromatic carbocycles. The molecule has 0 aromatic rings. The number of allylic oxidation sites excluding steroid dienone is 1. The third-order valence-corrected chi connectivity index (χ3v) is 2.33. The highest BCUT2D eigenvalue weighted by atomic mass is 14.9. The lowest BCUT2D eigenvalue weighted by Crippen LogP contribution is -2.81. The molecule has 0 amide bonds. The van der Waals surface area contributed by atoms with E-state index in [4.69, 9.17) is 0 Å². The average molecular weight is 140 g/mol. The van der Waals surface area contributed by atoms with E-state index < -0.39 is 0 Å². The quantitative estimate of drug-likeness (QED) is 0.546. The number of hydrogen-bond donors (Lipinski definition) is 1. The van der Waals surface area contributed by atoms with Crippen LogP contribution in [0.5, 0.6) is 0 Å². The Labute approximate surface area is 63.5 Å². The predicted molar refractivity (Wildman–Crippen MR) is 43.7 cm³/mol. The summed E-state index contributed by atoms with van der Waals surface area (Å²) >= 11 is 0. The van der Waals surface area contributed by atoms with E-state index in [2.05, 4.69) is 31.3 Å². The molecular weight excluding hydrogens is 122 g/mol. The smallest absolute Gasteiger partial charge is 0.0823 e. The van der Waals surface area contributed by atoms with E-state index in [1.807, 2.05) is 0 Å². The molecule has 1 nitrogen and oxygen atoms in total. The SMILES string of the molecule is CCC=CC1C[NH2+]CC1C. The highest BCUT2D eigenvalue weighted by Gasteiger charge is 2.23. The van der Waals surface area contributed by atoms with Crippen LogP contribution in [0.15, 0.2) is 12.2 Å². The van der Waals surface area contributed by atoms with Gasteiger partial charge in [0.05, 0.1) is 13.1 Å². The normalized spacial score (nSPS) is 33.8. The van der Waals surface area contributed by atoms with E-state index in [1.165, 1.54) is 19.5 Å². The molecule has 0 aliphatic carbocycles. The fourth-order valence-electron chi connectivity index (χ4n) is 1.54. The fraction of sp³-hybridized carbons (Fsp3) is 0.778. The largest absolute Gasteiger partial charge is 0.346 e. The Morgan fingerprint density at radius 2 is 2.30 bits per heavy atom. The van der Waals surface area contributed by atoms with Gasteiger partial charge in [-0.3, -0.25) is 0 Å². The molecule has 2 N–H and O–H groups in total. The molecule has 0 radical (unpaired) electrons. The molecule has 58 valence electrons. The van der Waals surface area contributed by atoms with Gasteiger partial charge in [0.25, 0.3) is 0 Å². The zero-order valence-corrected chi connectivity index (χ0v) is 7.01. The Bertz CT molecular complexity index is 118. The summed E-state index contributed by atoms with van der Waals surface area (Å²) in [7, 11) is 0. The van der Waals surface area contributed by atoms with Gasteiger partial charge in [-0.05, 0) is 6.42 Å². The first-order valence-corrected chi connectivity index (χ1v) is 4.33. The van der Waals surface area contributed by atoms with Crippen molar-refractivity contribution in [3.8, 4) is 0 Å². The van der Waals surface area contributed by atoms with E-state index in [0.29, 0.717) is 0 Å². The van der Waals surface area contributed by atoms with Crippen molar-refractivity contribution < 1.29 is 5.32 Å². The topological polar surface area (TPSA) is 16.6 Å². The molecule has 0 aromatic heterocycles. The zero-order valence-electron chi connectivity index (χ0n) is 7.01. The maximum Gasteiger partial charge on any atom is 0.0823 e. The summed E-state index contributed by atoms with van der Waals surface area (Å²) in [4.78, 5) is 0. The molecule has 1 fully saturated rings. The molecule has 10 heavy (non-hydrogen) atoms. The number of rotatable bonds is 2. The van der Waals surface area contributed by atoms with Crippen molar-refractivity contribution in [3.63, 3.8) is 0 Å². The summed E-state index contributed by atoms with van der Waals surface area (Å²) in [6, 6.07) is 0. The van der Waals surface area contributed by atoms with Gasteiger partial charge in [0.15, 0.2) is 0 Å². The second-order valence-corrected chi connectivity index (χ2v) is 3.24. The molecule has 0 spiro atoms. The van der Waals surface area contributed by atoms with Gasteiger partial charge >= 0.3 is 0 Å². The van der Waals surface area contributed by atoms with Gasteiger partial charge in [-0.25, -0.2) is 0 Å². The van der Waals surface area contributed by atoms with E-state index in [1.54, 1.807) is 0 Å². The molecule has 1 aliphatic rings. The maximum atomic E-state index is 2.41. The van der Waals surface area contributed by atoms with Gasteiger partial charge < -0.3 is 5.32 Å². The summed E-state index contributed by atoms with van der Waals surface area (Å²) < 4.78 is 0. The molecule has 1 heterocycles. The van der Waals surface area contributed by atoms with Crippen molar-refractivity contribution in [3.05, 3.63) is 12.2 Å². The van der Waals surface area contributed by atoms with Gasteiger partial charge in [0.2, 0.25) is 0 Å². The van der Waals surface area contributed by atoms with Crippen LogP contribution in [0.2, 0.25) is 0 Å². The number of quaternary nitrogens is 1. The molecule has 1 saturated heterocycles. The van der Waals surface area contributed by atoms with Crippen molar-refractivity contribution in [2.75, 3.05) is 13.1 Å². The Morgan fingerprint density at radius 3 is 2.80 bits per heavy atom. The third kappa shape index (κ3) is 1.84. The number of hydrogen-bond acceptors (Lipinski definition) is 0. The van der Waals surface area contributed by atoms with Crippen LogP contribution in [0, 0.1) is 11.8 Å². The summed E-state index contributed by atoms with van der Waals surface area (Å²) in [6.45, 7) is 7.16. The Kier molecular flexibility index (Phi) is 2.94. The van der Waals surface area contributed by atoms with Crippen LogP contribution >= 0.6 is 0 Å². The van der Waals surface area contributed by atoms with Crippen LogP contribution in [-0.2, 0) is 0 Å². The number of nitrogens with two attached hydrogens (primary N) is 1. The zero-order chi connectivity index (χ0) is 7.40. The Balaban J connectivity index is 2.33. The molecule has 0 bridgehead atoms. The van der Waals surface area contributed by atoms with Crippen molar-refractivity contribution >= 4 is 0 Å². The first-order valence-electron chi connectivity index (χ1n) is 4.33. The van der Waals surface area contributed by atoms with Crippen molar-refractivity contribution in [2.45, 2.75) is 20.3 Å². The van der Waals surface area contributed by atoms with Gasteiger partial charge in [-0.2, -0.15) is 0 Å². The summed E-state index contributed by atoms with van der Waals surface area (Å²) in [5.41, 5.74) is 0. The fourth-order valence-corrected chi connectivity index (χ4v) is 1.54. The second-order valence-electron chi connectivity index (χ2n) is 3.24. The molecule has 1 aliphatic heterocycles. The molecular formula is C9H18N+. The van der Waals surface area contributed by atoms with Gasteiger partial charge in [-0.15, -0.1) is 0 Å². The van der Waals surface area contributed by atoms with Crippen molar-refractivity contribution in [1.82, 2.24) is 0 Å². The monoisotopic (exact) mass is 140 g/mol. The Morgan fingerprint density at radius 1 is 1.50 bits per heavy atom. The average Bonchev–Trinajstić information content (AvgIpc) is 2.31. The molecule has 2 atom stereocenters. The van der Waals surface area contributed by atoms with E-state index in [9.17, 15) is 0 Å². The van der Waals surface area contributed by atoms with E-state index in [-0.39, 0.29) is 0 Å². The van der Waals surface area contributed by atoms with Crippen LogP contribution in [0.1, 0.15) is 20.3 Å². The lowest BCUT2D eigenvalue weighted by Gasteiger charge is -2.03. The van der Waals surface area contributed by atoms with E-state index >= 15 is 0 Å². The van der Waals surface area contributed by atoms with Gasteiger partial charge in [0, 0.05) is 11.8 Å². The lowest BCUT2D eigenvalue weighted by atomic mass is 9.98. The van der Waals surface area contributed by atoms with Crippen LogP contribution in [0.25, 0.3) is 0 Å². The minimum Gasteiger partial charge on any atom is -0.346 e. The minimum atomic E-state index is 0.847. The first-order chi connectivity index (χ1) is 4.84. The predicted octanol–water partition coefficient (Wildman–Crippen LogP) is 0.782. The highest BCUT2D eigenvalue weighted by molar-refractivity contribution is 4.90. The third-order valence-electron chi connectivity index (χ3n) is 2.33. The maximum absolute atomic E-state index is 2.41. The van der Waals surface area contributed by atoms with Gasteiger partial charge in [-0.1, -0.05) is 26.0 Å². The minimum absolute atomic E-state index is 0.847. The molecule has 0 saturated carbocycles. The molecule has 2 unspecified atom stereocenters. The Hall–Kier alpha value is -0.300. The molecule has 1 rings (SSSR count). The summed E-state index contributed by atoms with van der Waals surface area (Å²) in [5, 5.41) is 2.41. The van der Waals surface area contributed by atoms with Crippen molar-refractivity contribution in [1.29, 1.82) is 0 Å². The van der Waals surface area contributed by atoms with Crippen LogP contribution < -0.4 is 5.32 Å². The lowest BCUT2D eigenvalue weighted by molar-refractivity contribution is -0.639. The van der Waals surface area contributed by atoms with Crippen LogP contribution in [0.4, 0.5) is 0 Å². The standard InChI is InChI=1S/C9H17N/c1-3-4-5-9-7-10-6-8(9)2/h4-5,8-10H,3,6-7H2,1-2H3/p+1. The van der Waals surface area contributed by atoms with Crippen LogP contribution in [-0.4, -0.2) is 13.1 Å². The first kappa shape index (κ1) is 7.80. The summed E-state index contributed by atoms with van der Waals surface area (Å²) in [5.74, 6) is 1.74. The van der Waals surface area contributed by atoms with Crippen molar-refractivity contribution in [2.24, 2.45) is 11.8 Å². The second kappa shape index (κ2) is 3.77. The van der Waals surface area contributed by atoms with Gasteiger partial charge in [0.1, 0.15) is 0 Å². The molecule has 1 heteroatoms. The van der Waals surface area contributed by atoms with E-state index in [0.717, 1.165) is 11.8 Å². The highest BCUT2D eigenvalue weighted by Crippen LogP contribution is 2.12.